The number of anilines is 1. The Kier molecular flexibility index (Phi) is 6.01. The quantitative estimate of drug-likeness (QED) is 0.793. The Morgan fingerprint density at radius 3 is 2.76 bits per heavy atom. The first-order valence-corrected chi connectivity index (χ1v) is 11.1. The predicted octanol–water partition coefficient (Wildman–Crippen LogP) is 2.77. The Balaban J connectivity index is 1.59. The molecule has 1 saturated carbocycles. The molecule has 1 aromatic rings. The van der Waals surface area contributed by atoms with Crippen molar-refractivity contribution in [3.8, 4) is 0 Å². The summed E-state index contributed by atoms with van der Waals surface area (Å²) in [6.07, 6.45) is 6.37. The number of hydrogen-bond acceptors (Lipinski definition) is 5. The number of benzene rings is 1. The van der Waals surface area contributed by atoms with Crippen LogP contribution < -0.4 is 10.0 Å². The first-order valence-electron chi connectivity index (χ1n) is 8.60. The summed E-state index contributed by atoms with van der Waals surface area (Å²) in [6, 6.07) is 6.33. The normalized spacial score (nSPS) is 18.2. The third kappa shape index (κ3) is 5.22. The van der Waals surface area contributed by atoms with E-state index in [2.05, 4.69) is 15.0 Å². The molecule has 6 nitrogen and oxygen atoms in total. The van der Waals surface area contributed by atoms with Crippen molar-refractivity contribution >= 4 is 39.2 Å². The van der Waals surface area contributed by atoms with E-state index in [1.807, 2.05) is 0 Å². The molecule has 136 valence electrons. The molecule has 25 heavy (non-hydrogen) atoms. The van der Waals surface area contributed by atoms with Crippen molar-refractivity contribution in [3.05, 3.63) is 24.3 Å². The summed E-state index contributed by atoms with van der Waals surface area (Å²) < 4.78 is 27.4. The van der Waals surface area contributed by atoms with Gasteiger partial charge >= 0.3 is 0 Å². The molecule has 0 bridgehead atoms. The van der Waals surface area contributed by atoms with Crippen molar-refractivity contribution in [2.75, 3.05) is 17.6 Å². The molecule has 3 rings (SSSR count). The maximum atomic E-state index is 12.4. The van der Waals surface area contributed by atoms with Gasteiger partial charge in [0, 0.05) is 23.9 Å². The van der Waals surface area contributed by atoms with Crippen LogP contribution in [0.15, 0.2) is 34.2 Å². The zero-order valence-electron chi connectivity index (χ0n) is 14.0. The number of carbonyl (C=O) groups excluding carboxylic acids is 1. The van der Waals surface area contributed by atoms with Crippen LogP contribution in [0, 0.1) is 0 Å². The Hall–Kier alpha value is -1.54. The highest BCUT2D eigenvalue weighted by Crippen LogP contribution is 2.29. The van der Waals surface area contributed by atoms with Gasteiger partial charge in [0.05, 0.1) is 10.6 Å². The van der Waals surface area contributed by atoms with Crippen molar-refractivity contribution in [3.63, 3.8) is 0 Å². The molecule has 2 N–H and O–H groups in total. The zero-order valence-corrected chi connectivity index (χ0v) is 15.7. The fourth-order valence-electron chi connectivity index (χ4n) is 3.02. The lowest BCUT2D eigenvalue weighted by Crippen LogP contribution is -2.29. The van der Waals surface area contributed by atoms with Crippen molar-refractivity contribution < 1.29 is 13.2 Å². The maximum absolute atomic E-state index is 12.4. The van der Waals surface area contributed by atoms with Gasteiger partial charge in [-0.05, 0) is 37.5 Å². The molecule has 1 fully saturated rings. The van der Waals surface area contributed by atoms with Gasteiger partial charge in [-0.2, -0.15) is 0 Å². The second-order valence-corrected chi connectivity index (χ2v) is 9.30. The molecule has 8 heteroatoms. The first-order chi connectivity index (χ1) is 12.0. The Morgan fingerprint density at radius 1 is 1.24 bits per heavy atom. The topological polar surface area (TPSA) is 87.6 Å². The highest BCUT2D eigenvalue weighted by Gasteiger charge is 2.19. The number of amidine groups is 1. The number of nitrogens with zero attached hydrogens (tertiary/aromatic N) is 1. The molecule has 0 atom stereocenters. The van der Waals surface area contributed by atoms with E-state index in [0.717, 1.165) is 6.42 Å². The molecule has 1 heterocycles. The van der Waals surface area contributed by atoms with Crippen LogP contribution in [0.3, 0.4) is 0 Å². The fourth-order valence-corrected chi connectivity index (χ4v) is 5.28. The van der Waals surface area contributed by atoms with Gasteiger partial charge in [-0.25, -0.2) is 8.42 Å². The number of aliphatic imine (C=N–C) groups is 1. The molecule has 1 aromatic carbocycles. The number of nitrogens with one attached hydrogen (secondary N) is 2. The molecule has 0 aromatic heterocycles. The van der Waals surface area contributed by atoms with Gasteiger partial charge in [-0.3, -0.25) is 14.5 Å². The molecule has 2 aliphatic rings. The van der Waals surface area contributed by atoms with Crippen LogP contribution >= 0.6 is 11.8 Å². The third-order valence-electron chi connectivity index (χ3n) is 4.31. The van der Waals surface area contributed by atoms with Gasteiger partial charge in [-0.15, -0.1) is 11.8 Å². The third-order valence-corrected chi connectivity index (χ3v) is 7.06. The highest BCUT2D eigenvalue weighted by atomic mass is 32.2. The minimum absolute atomic E-state index is 0.0976. The number of sulfonamides is 1. The average Bonchev–Trinajstić information content (AvgIpc) is 3.26. The summed E-state index contributed by atoms with van der Waals surface area (Å²) in [5.41, 5.74) is 0.494. The average molecular weight is 382 g/mol. The molecule has 1 amide bonds. The molecular weight excluding hydrogens is 358 g/mol. The number of carbonyl (C=O) groups is 1. The Labute approximate surface area is 152 Å². The molecule has 0 saturated heterocycles. The van der Waals surface area contributed by atoms with Crippen LogP contribution in [0.4, 0.5) is 5.69 Å². The van der Waals surface area contributed by atoms with Gasteiger partial charge in [0.25, 0.3) is 10.0 Å². The second kappa shape index (κ2) is 8.23. The standard InChI is InChI=1S/C17H23N3O3S2/c21-17(12-24-14-6-1-2-7-14)19-13-5-3-8-15(11-13)25(22,23)20-16-9-4-10-18-16/h3,5,8,11,14H,1-2,4,6-7,9-10,12H2,(H,18,20)(H,19,21). The van der Waals surface area contributed by atoms with Crippen LogP contribution in [0.2, 0.25) is 0 Å². The zero-order chi connectivity index (χ0) is 17.7. The number of rotatable bonds is 6. The van der Waals surface area contributed by atoms with Crippen molar-refractivity contribution in [2.45, 2.75) is 48.7 Å². The van der Waals surface area contributed by atoms with Gasteiger partial charge in [0.2, 0.25) is 5.91 Å². The summed E-state index contributed by atoms with van der Waals surface area (Å²) in [4.78, 5) is 16.4. The van der Waals surface area contributed by atoms with Crippen LogP contribution in [-0.2, 0) is 14.8 Å². The van der Waals surface area contributed by atoms with Gasteiger partial charge in [-0.1, -0.05) is 18.9 Å². The van der Waals surface area contributed by atoms with Crippen LogP contribution in [0.1, 0.15) is 38.5 Å². The second-order valence-electron chi connectivity index (χ2n) is 6.33. The van der Waals surface area contributed by atoms with E-state index in [1.165, 1.54) is 37.8 Å². The van der Waals surface area contributed by atoms with E-state index in [4.69, 9.17) is 0 Å². The van der Waals surface area contributed by atoms with E-state index in [9.17, 15) is 13.2 Å². The van der Waals surface area contributed by atoms with Gasteiger partial charge in [0.1, 0.15) is 5.84 Å². The minimum Gasteiger partial charge on any atom is -0.325 e. The van der Waals surface area contributed by atoms with E-state index in [0.29, 0.717) is 35.5 Å². The molecule has 0 spiro atoms. The lowest BCUT2D eigenvalue weighted by Gasteiger charge is -2.11. The van der Waals surface area contributed by atoms with Crippen molar-refractivity contribution in [2.24, 2.45) is 4.99 Å². The largest absolute Gasteiger partial charge is 0.325 e. The smallest absolute Gasteiger partial charge is 0.262 e. The molecular formula is C17H23N3O3S2. The monoisotopic (exact) mass is 381 g/mol. The number of amides is 1. The molecule has 0 unspecified atom stereocenters. The summed E-state index contributed by atoms with van der Waals surface area (Å²) in [5, 5.41) is 3.37. The Bertz CT molecular complexity index is 756. The van der Waals surface area contributed by atoms with Gasteiger partial charge < -0.3 is 5.32 Å². The minimum atomic E-state index is -3.66. The summed E-state index contributed by atoms with van der Waals surface area (Å²) in [5.74, 6) is 0.804. The van der Waals surface area contributed by atoms with E-state index < -0.39 is 10.0 Å². The van der Waals surface area contributed by atoms with Crippen molar-refractivity contribution in [1.29, 1.82) is 0 Å². The molecule has 1 aliphatic carbocycles. The predicted molar refractivity (Wildman–Crippen MR) is 102 cm³/mol. The SMILES string of the molecule is O=C(CSC1CCCC1)Nc1cccc(S(=O)(=O)NC2=NCCC2)c1. The van der Waals surface area contributed by atoms with Crippen LogP contribution in [0.5, 0.6) is 0 Å². The van der Waals surface area contributed by atoms with E-state index in [-0.39, 0.29) is 10.8 Å². The van der Waals surface area contributed by atoms with Gasteiger partial charge in [0.15, 0.2) is 0 Å². The summed E-state index contributed by atoms with van der Waals surface area (Å²) in [7, 11) is -3.66. The summed E-state index contributed by atoms with van der Waals surface area (Å²) >= 11 is 1.68. The summed E-state index contributed by atoms with van der Waals surface area (Å²) in [6.45, 7) is 0.659. The molecule has 0 radical (unpaired) electrons. The molecule has 1 aliphatic heterocycles. The highest BCUT2D eigenvalue weighted by molar-refractivity contribution is 8.00. The van der Waals surface area contributed by atoms with Crippen LogP contribution in [0.25, 0.3) is 0 Å². The number of hydrogen-bond donors (Lipinski definition) is 2. The van der Waals surface area contributed by atoms with E-state index in [1.54, 1.807) is 23.9 Å². The van der Waals surface area contributed by atoms with Crippen molar-refractivity contribution in [1.82, 2.24) is 4.72 Å². The number of thioether (sulfide) groups is 1. The van der Waals surface area contributed by atoms with Crippen LogP contribution in [-0.4, -0.2) is 37.7 Å². The lowest BCUT2D eigenvalue weighted by molar-refractivity contribution is -0.113. The van der Waals surface area contributed by atoms with E-state index >= 15 is 0 Å². The fraction of sp³-hybridized carbons (Fsp3) is 0.529. The Morgan fingerprint density at radius 2 is 2.04 bits per heavy atom. The lowest BCUT2D eigenvalue weighted by atomic mass is 10.3. The first kappa shape index (κ1) is 18.3. The maximum Gasteiger partial charge on any atom is 0.262 e.